The zero-order chi connectivity index (χ0) is 13.5. The maximum Gasteiger partial charge on any atom is 0.320 e. The standard InChI is InChI=1S/C13H24N2O3/c1-3-4-5-12(13(17)18)15-8-6-11(7-9-15)14-10(2)16/h11-12H,3-9H2,1-2H3,(H,14,16)(H,17,18). The minimum Gasteiger partial charge on any atom is -0.480 e. The maximum atomic E-state index is 11.3. The zero-order valence-corrected chi connectivity index (χ0v) is 11.3. The molecule has 1 heterocycles. The van der Waals surface area contributed by atoms with Gasteiger partial charge < -0.3 is 10.4 Å². The number of carbonyl (C=O) groups excluding carboxylic acids is 1. The molecular formula is C13H24N2O3. The third-order valence-corrected chi connectivity index (χ3v) is 3.49. The topological polar surface area (TPSA) is 69.6 Å². The van der Waals surface area contributed by atoms with Crippen molar-refractivity contribution < 1.29 is 14.7 Å². The van der Waals surface area contributed by atoms with E-state index in [1.54, 1.807) is 0 Å². The summed E-state index contributed by atoms with van der Waals surface area (Å²) in [7, 11) is 0. The van der Waals surface area contributed by atoms with E-state index in [4.69, 9.17) is 0 Å². The van der Waals surface area contributed by atoms with Gasteiger partial charge in [0.05, 0.1) is 0 Å². The smallest absolute Gasteiger partial charge is 0.320 e. The molecule has 1 fully saturated rings. The van der Waals surface area contributed by atoms with Crippen molar-refractivity contribution in [3.8, 4) is 0 Å². The second-order valence-corrected chi connectivity index (χ2v) is 5.01. The van der Waals surface area contributed by atoms with Gasteiger partial charge in [-0.2, -0.15) is 0 Å². The highest BCUT2D eigenvalue weighted by Gasteiger charge is 2.29. The Morgan fingerprint density at radius 1 is 1.39 bits per heavy atom. The van der Waals surface area contributed by atoms with Crippen LogP contribution in [-0.2, 0) is 9.59 Å². The van der Waals surface area contributed by atoms with Gasteiger partial charge in [0.2, 0.25) is 5.91 Å². The summed E-state index contributed by atoms with van der Waals surface area (Å²) in [6.07, 6.45) is 4.37. The van der Waals surface area contributed by atoms with Gasteiger partial charge in [-0.1, -0.05) is 19.8 Å². The molecule has 1 saturated heterocycles. The van der Waals surface area contributed by atoms with Crippen molar-refractivity contribution in [2.75, 3.05) is 13.1 Å². The zero-order valence-electron chi connectivity index (χ0n) is 11.3. The predicted octanol–water partition coefficient (Wildman–Crippen LogP) is 1.23. The molecule has 0 aromatic carbocycles. The highest BCUT2D eigenvalue weighted by atomic mass is 16.4. The third kappa shape index (κ3) is 4.64. The monoisotopic (exact) mass is 256 g/mol. The molecule has 1 aliphatic rings. The maximum absolute atomic E-state index is 11.3. The van der Waals surface area contributed by atoms with Crippen LogP contribution in [-0.4, -0.2) is 47.1 Å². The van der Waals surface area contributed by atoms with Gasteiger partial charge in [0.1, 0.15) is 6.04 Å². The number of carbonyl (C=O) groups is 2. The Balaban J connectivity index is 2.43. The summed E-state index contributed by atoms with van der Waals surface area (Å²) in [6.45, 7) is 5.10. The van der Waals surface area contributed by atoms with Crippen molar-refractivity contribution in [2.45, 2.75) is 58.0 Å². The van der Waals surface area contributed by atoms with Crippen LogP contribution >= 0.6 is 0 Å². The molecule has 5 nitrogen and oxygen atoms in total. The van der Waals surface area contributed by atoms with Crippen LogP contribution in [0.25, 0.3) is 0 Å². The van der Waals surface area contributed by atoms with Crippen LogP contribution in [0.5, 0.6) is 0 Å². The van der Waals surface area contributed by atoms with E-state index < -0.39 is 5.97 Å². The number of carboxylic acid groups (broad SMARTS) is 1. The number of unbranched alkanes of at least 4 members (excludes halogenated alkanes) is 1. The number of rotatable bonds is 6. The summed E-state index contributed by atoms with van der Waals surface area (Å²) in [5.74, 6) is -0.726. The average molecular weight is 256 g/mol. The van der Waals surface area contributed by atoms with Gasteiger partial charge in [-0.25, -0.2) is 0 Å². The van der Waals surface area contributed by atoms with E-state index in [9.17, 15) is 14.7 Å². The third-order valence-electron chi connectivity index (χ3n) is 3.49. The first-order valence-electron chi connectivity index (χ1n) is 6.78. The number of likely N-dealkylation sites (tertiary alicyclic amines) is 1. The molecule has 1 unspecified atom stereocenters. The molecule has 2 N–H and O–H groups in total. The number of hydrogen-bond acceptors (Lipinski definition) is 3. The Morgan fingerprint density at radius 2 is 2.00 bits per heavy atom. The van der Waals surface area contributed by atoms with Gasteiger partial charge in [-0.15, -0.1) is 0 Å². The quantitative estimate of drug-likeness (QED) is 0.750. The normalized spacial score (nSPS) is 19.4. The van der Waals surface area contributed by atoms with Gasteiger partial charge in [-0.05, 0) is 19.3 Å². The number of nitrogens with zero attached hydrogens (tertiary/aromatic N) is 1. The van der Waals surface area contributed by atoms with Crippen molar-refractivity contribution >= 4 is 11.9 Å². The summed E-state index contributed by atoms with van der Waals surface area (Å²) >= 11 is 0. The lowest BCUT2D eigenvalue weighted by molar-refractivity contribution is -0.144. The number of carboxylic acids is 1. The largest absolute Gasteiger partial charge is 0.480 e. The van der Waals surface area contributed by atoms with Crippen LogP contribution in [0, 0.1) is 0 Å². The van der Waals surface area contributed by atoms with Crippen molar-refractivity contribution in [1.82, 2.24) is 10.2 Å². The van der Waals surface area contributed by atoms with E-state index in [1.807, 2.05) is 4.90 Å². The minimum absolute atomic E-state index is 0.00535. The number of hydrogen-bond donors (Lipinski definition) is 2. The van der Waals surface area contributed by atoms with Crippen molar-refractivity contribution in [1.29, 1.82) is 0 Å². The molecule has 0 radical (unpaired) electrons. The first-order valence-corrected chi connectivity index (χ1v) is 6.78. The Labute approximate surface area is 109 Å². The molecule has 18 heavy (non-hydrogen) atoms. The average Bonchev–Trinajstić information content (AvgIpc) is 2.30. The number of aliphatic carboxylic acids is 1. The molecule has 0 aromatic rings. The molecule has 1 atom stereocenters. The molecule has 0 aliphatic carbocycles. The van der Waals surface area contributed by atoms with E-state index in [0.717, 1.165) is 45.2 Å². The summed E-state index contributed by atoms with van der Waals surface area (Å²) in [4.78, 5) is 24.2. The first kappa shape index (κ1) is 15.0. The minimum atomic E-state index is -0.721. The highest BCUT2D eigenvalue weighted by Crippen LogP contribution is 2.17. The fourth-order valence-corrected chi connectivity index (χ4v) is 2.50. The lowest BCUT2D eigenvalue weighted by atomic mass is 10.0. The van der Waals surface area contributed by atoms with Crippen molar-refractivity contribution in [2.24, 2.45) is 0 Å². The fourth-order valence-electron chi connectivity index (χ4n) is 2.50. The van der Waals surface area contributed by atoms with Crippen molar-refractivity contribution in [3.63, 3.8) is 0 Å². The van der Waals surface area contributed by atoms with Crippen LogP contribution in [0.2, 0.25) is 0 Å². The van der Waals surface area contributed by atoms with Crippen molar-refractivity contribution in [3.05, 3.63) is 0 Å². The first-order chi connectivity index (χ1) is 8.54. The number of nitrogens with one attached hydrogen (secondary N) is 1. The van der Waals surface area contributed by atoms with E-state index in [0.29, 0.717) is 0 Å². The molecular weight excluding hydrogens is 232 g/mol. The lowest BCUT2D eigenvalue weighted by Gasteiger charge is -2.35. The van der Waals surface area contributed by atoms with Crippen LogP contribution in [0.15, 0.2) is 0 Å². The molecule has 1 amide bonds. The van der Waals surface area contributed by atoms with E-state index in [2.05, 4.69) is 12.2 Å². The number of amides is 1. The Hall–Kier alpha value is -1.10. The fraction of sp³-hybridized carbons (Fsp3) is 0.846. The molecule has 1 rings (SSSR count). The van der Waals surface area contributed by atoms with Crippen LogP contribution in [0.1, 0.15) is 46.0 Å². The molecule has 0 saturated carbocycles. The van der Waals surface area contributed by atoms with E-state index >= 15 is 0 Å². The molecule has 0 spiro atoms. The Kier molecular flexibility index (Phi) is 6.12. The van der Waals surface area contributed by atoms with E-state index in [1.165, 1.54) is 6.92 Å². The lowest BCUT2D eigenvalue weighted by Crippen LogP contribution is -2.50. The molecule has 0 bridgehead atoms. The van der Waals surface area contributed by atoms with Crippen LogP contribution < -0.4 is 5.32 Å². The summed E-state index contributed by atoms with van der Waals surface area (Å²) in [6, 6.07) is -0.150. The molecule has 1 aliphatic heterocycles. The summed E-state index contributed by atoms with van der Waals surface area (Å²) in [5, 5.41) is 12.2. The summed E-state index contributed by atoms with van der Waals surface area (Å²) < 4.78 is 0. The number of piperidine rings is 1. The SMILES string of the molecule is CCCCC(C(=O)O)N1CCC(NC(C)=O)CC1. The van der Waals surface area contributed by atoms with E-state index in [-0.39, 0.29) is 18.0 Å². The van der Waals surface area contributed by atoms with Crippen LogP contribution in [0.4, 0.5) is 0 Å². The van der Waals surface area contributed by atoms with Gasteiger partial charge >= 0.3 is 5.97 Å². The Morgan fingerprint density at radius 3 is 2.44 bits per heavy atom. The summed E-state index contributed by atoms with van der Waals surface area (Å²) in [5.41, 5.74) is 0. The predicted molar refractivity (Wildman–Crippen MR) is 69.4 cm³/mol. The van der Waals surface area contributed by atoms with Gasteiger partial charge in [0.15, 0.2) is 0 Å². The molecule has 104 valence electrons. The second-order valence-electron chi connectivity index (χ2n) is 5.01. The van der Waals surface area contributed by atoms with Gasteiger partial charge in [0, 0.05) is 26.1 Å². The highest BCUT2D eigenvalue weighted by molar-refractivity contribution is 5.74. The second kappa shape index (κ2) is 7.36. The Bertz CT molecular complexity index is 286. The van der Waals surface area contributed by atoms with Crippen LogP contribution in [0.3, 0.4) is 0 Å². The van der Waals surface area contributed by atoms with Gasteiger partial charge in [-0.3, -0.25) is 14.5 Å². The van der Waals surface area contributed by atoms with Gasteiger partial charge in [0.25, 0.3) is 0 Å². The molecule has 0 aromatic heterocycles. The molecule has 5 heteroatoms.